The summed E-state index contributed by atoms with van der Waals surface area (Å²) in [5.74, 6) is 0. The van der Waals surface area contributed by atoms with Gasteiger partial charge in [0.2, 0.25) is 6.41 Å². The number of carbonyl (C=O) groups excluding carboxylic acids is 1. The van der Waals surface area contributed by atoms with Gasteiger partial charge < -0.3 is 0 Å². The Balaban J connectivity index is 2.42. The molecular weight excluding hydrogens is 96.0 g/mol. The van der Waals surface area contributed by atoms with Gasteiger partial charge in [-0.25, -0.2) is 0 Å². The van der Waals surface area contributed by atoms with Gasteiger partial charge in [0.05, 0.1) is 0 Å². The van der Waals surface area contributed by atoms with Gasteiger partial charge in [-0.1, -0.05) is 5.22 Å². The number of hydrogen-bond acceptors (Lipinski definition) is 4. The summed E-state index contributed by atoms with van der Waals surface area (Å²) in [7, 11) is 0. The molecule has 0 aromatic heterocycles. The molecule has 0 aromatic rings. The van der Waals surface area contributed by atoms with Gasteiger partial charge in [-0.15, -0.1) is 0 Å². The third kappa shape index (κ3) is 0.648. The fraction of sp³-hybridized carbons (Fsp3) is 0.500. The lowest BCUT2D eigenvalue weighted by molar-refractivity contribution is -0.117. The van der Waals surface area contributed by atoms with E-state index in [4.69, 9.17) is 0 Å². The molecular formula is C2H4N4O. The largest absolute Gasteiger partial charge is 0.277 e. The zero-order chi connectivity index (χ0) is 5.11. The Bertz CT molecular complexity index is 99.9. The summed E-state index contributed by atoms with van der Waals surface area (Å²) in [6.07, 6.45) is 0.601. The van der Waals surface area contributed by atoms with Gasteiger partial charge in [0.25, 0.3) is 0 Å². The van der Waals surface area contributed by atoms with Crippen molar-refractivity contribution in [1.29, 1.82) is 0 Å². The van der Waals surface area contributed by atoms with Crippen molar-refractivity contribution in [2.24, 2.45) is 10.4 Å². The fourth-order valence-electron chi connectivity index (χ4n) is 0.283. The van der Waals surface area contributed by atoms with Gasteiger partial charge in [0.1, 0.15) is 6.67 Å². The minimum Gasteiger partial charge on any atom is -0.277 e. The van der Waals surface area contributed by atoms with E-state index in [9.17, 15) is 4.79 Å². The van der Waals surface area contributed by atoms with Crippen LogP contribution in [-0.4, -0.2) is 18.1 Å². The predicted octanol–water partition coefficient (Wildman–Crippen LogP) is -0.712. The first-order valence-corrected chi connectivity index (χ1v) is 1.79. The summed E-state index contributed by atoms with van der Waals surface area (Å²) in [5.41, 5.74) is 2.48. The number of nitrogens with zero attached hydrogens (tertiary/aromatic N) is 3. The standard InChI is InChI=1S/C2H4N4O/c7-2-6-1-3-4-5-6/h2H,1H2,(H,3,5). The summed E-state index contributed by atoms with van der Waals surface area (Å²) in [4.78, 5) is 9.74. The van der Waals surface area contributed by atoms with Crippen LogP contribution in [0.2, 0.25) is 0 Å². The molecule has 1 amide bonds. The van der Waals surface area contributed by atoms with E-state index in [1.807, 2.05) is 0 Å². The Morgan fingerprint density at radius 1 is 1.86 bits per heavy atom. The summed E-state index contributed by atoms with van der Waals surface area (Å²) in [5, 5.41) is 7.79. The molecule has 1 aliphatic heterocycles. The Kier molecular flexibility index (Phi) is 0.892. The Hall–Kier alpha value is -1.13. The predicted molar refractivity (Wildman–Crippen MR) is 20.8 cm³/mol. The van der Waals surface area contributed by atoms with E-state index in [0.29, 0.717) is 13.1 Å². The molecule has 1 rings (SSSR count). The maximum absolute atomic E-state index is 9.74. The number of rotatable bonds is 1. The van der Waals surface area contributed by atoms with E-state index in [0.717, 1.165) is 5.01 Å². The first-order chi connectivity index (χ1) is 3.43. The minimum atomic E-state index is 0.392. The summed E-state index contributed by atoms with van der Waals surface area (Å²) in [6, 6.07) is 0. The lowest BCUT2D eigenvalue weighted by Crippen LogP contribution is -2.17. The molecule has 0 aliphatic carbocycles. The van der Waals surface area contributed by atoms with Crippen molar-refractivity contribution in [1.82, 2.24) is 10.4 Å². The molecule has 0 saturated heterocycles. The smallest absolute Gasteiger partial charge is 0.233 e. The van der Waals surface area contributed by atoms with Crippen LogP contribution in [-0.2, 0) is 4.79 Å². The van der Waals surface area contributed by atoms with E-state index >= 15 is 0 Å². The maximum Gasteiger partial charge on any atom is 0.233 e. The van der Waals surface area contributed by atoms with Crippen molar-refractivity contribution in [2.45, 2.75) is 0 Å². The third-order valence-electron chi connectivity index (χ3n) is 0.585. The van der Waals surface area contributed by atoms with Crippen LogP contribution in [0.3, 0.4) is 0 Å². The van der Waals surface area contributed by atoms with Crippen LogP contribution in [0.1, 0.15) is 0 Å². The molecule has 1 heterocycles. The molecule has 0 radical (unpaired) electrons. The molecule has 1 N–H and O–H groups in total. The van der Waals surface area contributed by atoms with Crippen LogP contribution in [0.4, 0.5) is 0 Å². The quantitative estimate of drug-likeness (QED) is 0.442. The fourth-order valence-corrected chi connectivity index (χ4v) is 0.283. The second-order valence-corrected chi connectivity index (χ2v) is 1.05. The Labute approximate surface area is 40.0 Å². The summed E-state index contributed by atoms with van der Waals surface area (Å²) < 4.78 is 0. The van der Waals surface area contributed by atoms with Crippen molar-refractivity contribution >= 4 is 6.41 Å². The van der Waals surface area contributed by atoms with Gasteiger partial charge >= 0.3 is 0 Å². The molecule has 38 valence electrons. The molecule has 0 fully saturated rings. The normalized spacial score (nSPS) is 16.9. The van der Waals surface area contributed by atoms with Crippen LogP contribution in [0.5, 0.6) is 0 Å². The molecule has 0 saturated carbocycles. The van der Waals surface area contributed by atoms with Crippen molar-refractivity contribution in [2.75, 3.05) is 6.67 Å². The lowest BCUT2D eigenvalue weighted by atomic mass is 11.0. The van der Waals surface area contributed by atoms with E-state index in [2.05, 4.69) is 15.9 Å². The van der Waals surface area contributed by atoms with Gasteiger partial charge in [0, 0.05) is 0 Å². The van der Waals surface area contributed by atoms with E-state index in [1.54, 1.807) is 0 Å². The van der Waals surface area contributed by atoms with E-state index < -0.39 is 0 Å². The molecule has 0 aromatic carbocycles. The number of hydrogen-bond donors (Lipinski definition) is 1. The minimum absolute atomic E-state index is 0.392. The first kappa shape index (κ1) is 4.04. The molecule has 5 nitrogen and oxygen atoms in total. The molecule has 0 spiro atoms. The van der Waals surface area contributed by atoms with E-state index in [1.165, 1.54) is 0 Å². The molecule has 1 aliphatic rings. The highest BCUT2D eigenvalue weighted by molar-refractivity contribution is 5.45. The zero-order valence-corrected chi connectivity index (χ0v) is 3.53. The van der Waals surface area contributed by atoms with Crippen molar-refractivity contribution in [3.63, 3.8) is 0 Å². The van der Waals surface area contributed by atoms with Gasteiger partial charge in [-0.05, 0) is 5.22 Å². The average molecular weight is 100 g/mol. The highest BCUT2D eigenvalue weighted by Crippen LogP contribution is 1.87. The number of nitrogens with one attached hydrogen (secondary N) is 1. The van der Waals surface area contributed by atoms with Crippen LogP contribution >= 0.6 is 0 Å². The monoisotopic (exact) mass is 100 g/mol. The van der Waals surface area contributed by atoms with Crippen LogP contribution < -0.4 is 5.43 Å². The highest BCUT2D eigenvalue weighted by atomic mass is 16.1. The molecule has 0 atom stereocenters. The first-order valence-electron chi connectivity index (χ1n) is 1.79. The number of carbonyl (C=O) groups is 1. The molecule has 0 bridgehead atoms. The molecule has 0 unspecified atom stereocenters. The van der Waals surface area contributed by atoms with Crippen LogP contribution in [0.15, 0.2) is 10.4 Å². The second kappa shape index (κ2) is 1.55. The summed E-state index contributed by atoms with van der Waals surface area (Å²) in [6.45, 7) is 0.392. The molecule has 7 heavy (non-hydrogen) atoms. The zero-order valence-electron chi connectivity index (χ0n) is 3.53. The number of amides is 1. The average Bonchev–Trinajstić information content (AvgIpc) is 2.14. The Morgan fingerprint density at radius 2 is 2.71 bits per heavy atom. The lowest BCUT2D eigenvalue weighted by Gasteiger charge is -1.94. The van der Waals surface area contributed by atoms with E-state index in [-0.39, 0.29) is 0 Å². The second-order valence-electron chi connectivity index (χ2n) is 1.05. The maximum atomic E-state index is 9.74. The van der Waals surface area contributed by atoms with Crippen molar-refractivity contribution < 1.29 is 4.79 Å². The Morgan fingerprint density at radius 3 is 3.00 bits per heavy atom. The SMILES string of the molecule is O=CN1CNN=N1. The third-order valence-corrected chi connectivity index (χ3v) is 0.585. The van der Waals surface area contributed by atoms with Crippen LogP contribution in [0.25, 0.3) is 0 Å². The summed E-state index contributed by atoms with van der Waals surface area (Å²) >= 11 is 0. The highest BCUT2D eigenvalue weighted by Gasteiger charge is 2.00. The topological polar surface area (TPSA) is 57.1 Å². The molecule has 5 heteroatoms. The van der Waals surface area contributed by atoms with Crippen LogP contribution in [0, 0.1) is 0 Å². The van der Waals surface area contributed by atoms with Gasteiger partial charge in [-0.2, -0.15) is 5.01 Å². The van der Waals surface area contributed by atoms with Crippen molar-refractivity contribution in [3.8, 4) is 0 Å². The van der Waals surface area contributed by atoms with Gasteiger partial charge in [0.15, 0.2) is 0 Å². The van der Waals surface area contributed by atoms with Gasteiger partial charge in [-0.3, -0.25) is 10.2 Å². The van der Waals surface area contributed by atoms with Crippen molar-refractivity contribution in [3.05, 3.63) is 0 Å².